The Morgan fingerprint density at radius 2 is 1.75 bits per heavy atom. The Kier molecular flexibility index (Phi) is 9.86. The summed E-state index contributed by atoms with van der Waals surface area (Å²) in [4.78, 5) is 53.3. The molecule has 1 spiro atoms. The maximum atomic E-state index is 15.4. The fourth-order valence-corrected chi connectivity index (χ4v) is 13.7. The summed E-state index contributed by atoms with van der Waals surface area (Å²) in [7, 11) is 6.14. The summed E-state index contributed by atoms with van der Waals surface area (Å²) in [5, 5.41) is 26.4. The van der Waals surface area contributed by atoms with Crippen molar-refractivity contribution in [1.29, 1.82) is 0 Å². The Morgan fingerprint density at radius 1 is 0.984 bits per heavy atom. The maximum absolute atomic E-state index is 15.4. The molecule has 1 aliphatic carbocycles. The molecule has 3 N–H and O–H groups in total. The summed E-state index contributed by atoms with van der Waals surface area (Å²) in [6.07, 6.45) is 7.66. The van der Waals surface area contributed by atoms with E-state index >= 15 is 4.79 Å². The molecule has 13 heteroatoms. The Labute approximate surface area is 357 Å². The molecule has 6 heterocycles. The molecule has 1 aromatic heterocycles. The zero-order chi connectivity index (χ0) is 43.4. The van der Waals surface area contributed by atoms with Gasteiger partial charge in [-0.2, -0.15) is 0 Å². The summed E-state index contributed by atoms with van der Waals surface area (Å²) >= 11 is 0. The first-order valence-electron chi connectivity index (χ1n) is 21.8. The number of benzene rings is 2. The number of carbonyl (C=O) groups excluding carboxylic acids is 3. The molecule has 9 rings (SSSR count). The molecule has 5 aliphatic heterocycles. The Bertz CT molecular complexity index is 2360. The first-order valence-corrected chi connectivity index (χ1v) is 21.8. The number of anilines is 1. The number of ether oxygens (including phenoxy) is 4. The van der Waals surface area contributed by atoms with Gasteiger partial charge in [0.2, 0.25) is 5.60 Å². The summed E-state index contributed by atoms with van der Waals surface area (Å²) in [5.74, 6) is -1.62. The number of nitrogens with one attached hydrogen (secondary N) is 1. The highest BCUT2D eigenvalue weighted by atomic mass is 16.6. The molecule has 2 unspecified atom stereocenters. The smallest absolute Gasteiger partial charge is 0.344 e. The molecule has 3 fully saturated rings. The van der Waals surface area contributed by atoms with Gasteiger partial charge in [0.15, 0.2) is 6.10 Å². The van der Waals surface area contributed by atoms with Crippen LogP contribution < -0.4 is 9.64 Å². The van der Waals surface area contributed by atoms with Gasteiger partial charge in [-0.25, -0.2) is 4.79 Å². The Hall–Kier alpha value is -4.69. The second kappa shape index (κ2) is 14.4. The fourth-order valence-electron chi connectivity index (χ4n) is 13.7. The lowest BCUT2D eigenvalue weighted by molar-refractivity contribution is -0.228. The summed E-state index contributed by atoms with van der Waals surface area (Å²) < 4.78 is 24.0. The summed E-state index contributed by atoms with van der Waals surface area (Å²) in [6, 6.07) is 8.94. The first-order chi connectivity index (χ1) is 29.2. The van der Waals surface area contributed by atoms with Gasteiger partial charge in [-0.3, -0.25) is 19.4 Å². The highest BCUT2D eigenvalue weighted by molar-refractivity contribution is 5.95. The summed E-state index contributed by atoms with van der Waals surface area (Å²) in [5.41, 5.74) is -0.876. The monoisotopic (exact) mass is 836 g/mol. The van der Waals surface area contributed by atoms with E-state index in [9.17, 15) is 19.8 Å². The van der Waals surface area contributed by atoms with E-state index in [1.54, 1.807) is 7.11 Å². The van der Waals surface area contributed by atoms with Gasteiger partial charge in [0.05, 0.1) is 33.0 Å². The number of esters is 3. The third-order valence-electron chi connectivity index (χ3n) is 16.0. The van der Waals surface area contributed by atoms with Crippen molar-refractivity contribution in [3.63, 3.8) is 0 Å². The molecule has 0 amide bonds. The van der Waals surface area contributed by atoms with E-state index in [-0.39, 0.29) is 12.0 Å². The average Bonchev–Trinajstić information content (AvgIpc) is 3.92. The number of nitrogens with zero attached hydrogens (tertiary/aromatic N) is 3. The van der Waals surface area contributed by atoms with Crippen molar-refractivity contribution in [2.75, 3.05) is 66.0 Å². The lowest BCUT2D eigenvalue weighted by atomic mass is 9.47. The molecule has 6 aliphatic rings. The van der Waals surface area contributed by atoms with Gasteiger partial charge in [-0.1, -0.05) is 44.7 Å². The van der Waals surface area contributed by atoms with Crippen molar-refractivity contribution in [2.45, 2.75) is 99.5 Å². The number of rotatable bonds is 8. The number of aliphatic hydroxyl groups is 2. The Morgan fingerprint density at radius 3 is 2.43 bits per heavy atom. The minimum absolute atomic E-state index is 0.118. The van der Waals surface area contributed by atoms with Gasteiger partial charge < -0.3 is 39.0 Å². The molecule has 3 aromatic rings. The molecule has 2 aromatic carbocycles. The van der Waals surface area contributed by atoms with Crippen LogP contribution in [0.25, 0.3) is 17.0 Å². The van der Waals surface area contributed by atoms with E-state index < -0.39 is 57.5 Å². The SMILES string of the molecule is C=Cc1ccc2[nH]c3c(c2c1)CCN1C[C@H](C[C@@](O)(CC)C1)C[C@]3(C(=O)OC)c1cc2c(cc1OC)N(C)C1[C@]23CCN2CC=C[C@@](CC)([C@@H](OC(C)=O)[C@]1(O)C(=O)OC)[C@H]23. The highest BCUT2D eigenvalue weighted by Gasteiger charge is 2.80. The molecule has 61 heavy (non-hydrogen) atoms. The van der Waals surface area contributed by atoms with E-state index in [1.807, 2.05) is 56.1 Å². The molecular formula is C48H60N4O9. The maximum Gasteiger partial charge on any atom is 0.344 e. The largest absolute Gasteiger partial charge is 0.496 e. The van der Waals surface area contributed by atoms with Crippen LogP contribution in [-0.4, -0.2) is 133 Å². The number of hydrogen-bond acceptors (Lipinski definition) is 12. The fraction of sp³-hybridized carbons (Fsp3) is 0.562. The number of hydrogen-bond donors (Lipinski definition) is 3. The van der Waals surface area contributed by atoms with Crippen LogP contribution in [0.1, 0.15) is 80.8 Å². The van der Waals surface area contributed by atoms with E-state index in [2.05, 4.69) is 39.6 Å². The van der Waals surface area contributed by atoms with Crippen LogP contribution in [-0.2, 0) is 45.8 Å². The number of piperidine rings is 1. The Balaban J connectivity index is 1.37. The number of fused-ring (bicyclic) bond motifs is 6. The normalized spacial score (nSPS) is 36.1. The van der Waals surface area contributed by atoms with Crippen LogP contribution in [0.4, 0.5) is 5.69 Å². The third kappa shape index (κ3) is 5.48. The van der Waals surface area contributed by atoms with Crippen LogP contribution in [0.2, 0.25) is 0 Å². The van der Waals surface area contributed by atoms with E-state index in [4.69, 9.17) is 18.9 Å². The number of aromatic nitrogens is 1. The van der Waals surface area contributed by atoms with Gasteiger partial charge in [0, 0.05) is 90.9 Å². The van der Waals surface area contributed by atoms with Crippen molar-refractivity contribution in [2.24, 2.45) is 11.3 Å². The number of carbonyl (C=O) groups is 3. The molecule has 0 radical (unpaired) electrons. The van der Waals surface area contributed by atoms with Crippen LogP contribution >= 0.6 is 0 Å². The van der Waals surface area contributed by atoms with Crippen LogP contribution in [0.3, 0.4) is 0 Å². The zero-order valence-corrected chi connectivity index (χ0v) is 36.5. The number of aromatic amines is 1. The second-order valence-corrected chi connectivity index (χ2v) is 18.7. The molecule has 1 saturated carbocycles. The standard InChI is InChI=1S/C48H60N4O9/c1-9-29-13-14-35-32(21-29)31-15-19-51-26-30(24-44(56,10-2)27-51)25-47(38(31)49-35,42(54)59-7)34-22-33-36(23-37(34)58-6)50(5)40-46(33)17-20-52-18-12-16-45(11-3,39(46)52)41(61-28(4)53)48(40,57)43(55)60-8/h9,12-14,16,21-23,30,39-41,49,56-57H,1,10-11,15,17-20,24-27H2,2-8H3/t30-,39+,40?,41-,44+,45-,46-,47+,48+/m1/s1. The molecule has 13 nitrogen and oxygen atoms in total. The van der Waals surface area contributed by atoms with Gasteiger partial charge in [0.25, 0.3) is 0 Å². The molecule has 10 atom stereocenters. The van der Waals surface area contributed by atoms with Crippen molar-refractivity contribution in [3.8, 4) is 5.75 Å². The highest BCUT2D eigenvalue weighted by Crippen LogP contribution is 2.68. The molecular weight excluding hydrogens is 777 g/mol. The predicted octanol–water partition coefficient (Wildman–Crippen LogP) is 4.63. The van der Waals surface area contributed by atoms with Crippen molar-refractivity contribution < 1.29 is 43.5 Å². The van der Waals surface area contributed by atoms with Crippen LogP contribution in [0, 0.1) is 11.3 Å². The number of likely N-dealkylation sites (N-methyl/N-ethyl adjacent to an activating group) is 1. The quantitative estimate of drug-likeness (QED) is 0.165. The topological polar surface area (TPSA) is 154 Å². The second-order valence-electron chi connectivity index (χ2n) is 18.7. The van der Waals surface area contributed by atoms with E-state index in [0.29, 0.717) is 82.6 Å². The van der Waals surface area contributed by atoms with Crippen molar-refractivity contribution in [3.05, 3.63) is 77.0 Å². The minimum atomic E-state index is -2.31. The third-order valence-corrected chi connectivity index (χ3v) is 16.0. The van der Waals surface area contributed by atoms with Gasteiger partial charge in [-0.05, 0) is 85.9 Å². The average molecular weight is 837 g/mol. The minimum Gasteiger partial charge on any atom is -0.496 e. The van der Waals surface area contributed by atoms with Crippen LogP contribution in [0.5, 0.6) is 5.75 Å². The summed E-state index contributed by atoms with van der Waals surface area (Å²) in [6.45, 7) is 12.6. The van der Waals surface area contributed by atoms with Crippen molar-refractivity contribution in [1.82, 2.24) is 14.8 Å². The van der Waals surface area contributed by atoms with Crippen LogP contribution in [0.15, 0.2) is 49.1 Å². The molecule has 2 bridgehead atoms. The van der Waals surface area contributed by atoms with E-state index in [0.717, 1.165) is 39.0 Å². The molecule has 2 saturated heterocycles. The van der Waals surface area contributed by atoms with Gasteiger partial charge in [0.1, 0.15) is 11.2 Å². The van der Waals surface area contributed by atoms with Crippen molar-refractivity contribution >= 4 is 40.6 Å². The van der Waals surface area contributed by atoms with Gasteiger partial charge >= 0.3 is 17.9 Å². The number of H-pyrrole nitrogens is 1. The first kappa shape index (κ1) is 41.7. The van der Waals surface area contributed by atoms with E-state index in [1.165, 1.54) is 21.1 Å². The lowest BCUT2D eigenvalue weighted by Crippen LogP contribution is -2.81. The lowest BCUT2D eigenvalue weighted by Gasteiger charge is -2.63. The predicted molar refractivity (Wildman–Crippen MR) is 231 cm³/mol. The van der Waals surface area contributed by atoms with Gasteiger partial charge in [-0.15, -0.1) is 0 Å². The number of methoxy groups -OCH3 is 3. The zero-order valence-electron chi connectivity index (χ0n) is 36.5. The molecule has 326 valence electrons.